The third-order valence-corrected chi connectivity index (χ3v) is 11.6. The van der Waals surface area contributed by atoms with Crippen LogP contribution in [-0.4, -0.2) is 85.7 Å². The molecule has 13 nitrogen and oxygen atoms in total. The molecular formula is C34H35Cl2N7O6S. The number of hydrogen-bond acceptors (Lipinski definition) is 8. The van der Waals surface area contributed by atoms with E-state index in [2.05, 4.69) is 15.0 Å². The highest BCUT2D eigenvalue weighted by Gasteiger charge is 2.53. The first-order chi connectivity index (χ1) is 23.6. The molecule has 0 aliphatic carbocycles. The summed E-state index contributed by atoms with van der Waals surface area (Å²) in [4.78, 5) is 55.3. The number of likely N-dealkylation sites (N-methyl/N-ethyl adjacent to an activating group) is 1. The average molecular weight is 741 g/mol. The number of aromatic nitrogens is 4. The van der Waals surface area contributed by atoms with Gasteiger partial charge in [-0.3, -0.25) is 14.2 Å². The van der Waals surface area contributed by atoms with Crippen LogP contribution in [0.1, 0.15) is 39.2 Å². The fourth-order valence-corrected chi connectivity index (χ4v) is 9.29. The number of carbonyl (C=O) groups is 3. The predicted molar refractivity (Wildman–Crippen MR) is 187 cm³/mol. The zero-order valence-corrected chi connectivity index (χ0v) is 30.0. The molecule has 4 aromatic rings. The van der Waals surface area contributed by atoms with Crippen molar-refractivity contribution in [2.75, 3.05) is 18.5 Å². The van der Waals surface area contributed by atoms with Gasteiger partial charge in [-0.2, -0.15) is 4.31 Å². The number of carbonyl (C=O) groups excluding carboxylic acids is 2. The van der Waals surface area contributed by atoms with E-state index in [-0.39, 0.29) is 40.4 Å². The van der Waals surface area contributed by atoms with E-state index in [1.165, 1.54) is 35.1 Å². The van der Waals surface area contributed by atoms with Crippen molar-refractivity contribution in [3.05, 3.63) is 83.0 Å². The third kappa shape index (κ3) is 6.14. The lowest BCUT2D eigenvalue weighted by atomic mass is 9.91. The molecule has 2 amide bonds. The minimum absolute atomic E-state index is 0.0233. The van der Waals surface area contributed by atoms with E-state index in [0.717, 1.165) is 25.9 Å². The van der Waals surface area contributed by atoms with Gasteiger partial charge in [-0.25, -0.2) is 33.1 Å². The molecule has 1 N–H and O–H groups in total. The molecule has 2 aromatic carbocycles. The van der Waals surface area contributed by atoms with Crippen molar-refractivity contribution >= 4 is 62.6 Å². The number of imidazole rings is 1. The van der Waals surface area contributed by atoms with Crippen LogP contribution in [0.15, 0.2) is 72.4 Å². The van der Waals surface area contributed by atoms with Gasteiger partial charge in [0.05, 0.1) is 11.9 Å². The summed E-state index contributed by atoms with van der Waals surface area (Å²) >= 11 is 12.7. The number of benzene rings is 2. The molecule has 3 atom stereocenters. The summed E-state index contributed by atoms with van der Waals surface area (Å²) in [6.07, 6.45) is 6.66. The highest BCUT2D eigenvalue weighted by atomic mass is 35.5. The van der Waals surface area contributed by atoms with Gasteiger partial charge in [-0.1, -0.05) is 61.3 Å². The molecule has 2 aliphatic heterocycles. The molecule has 1 saturated heterocycles. The number of sulfonamides is 1. The van der Waals surface area contributed by atoms with E-state index in [1.54, 1.807) is 45.3 Å². The Morgan fingerprint density at radius 2 is 1.68 bits per heavy atom. The van der Waals surface area contributed by atoms with Crippen LogP contribution in [0.3, 0.4) is 0 Å². The Bertz CT molecular complexity index is 2060. The van der Waals surface area contributed by atoms with Crippen LogP contribution < -0.4 is 4.90 Å². The lowest BCUT2D eigenvalue weighted by Gasteiger charge is -2.33. The normalized spacial score (nSPS) is 19.9. The van der Waals surface area contributed by atoms with Crippen LogP contribution in [0.5, 0.6) is 0 Å². The molecule has 0 bridgehead atoms. The lowest BCUT2D eigenvalue weighted by molar-refractivity contribution is -0.152. The number of nitrogens with zero attached hydrogens (tertiary/aromatic N) is 7. The van der Waals surface area contributed by atoms with Gasteiger partial charge in [-0.15, -0.1) is 0 Å². The monoisotopic (exact) mass is 739 g/mol. The molecular weight excluding hydrogens is 705 g/mol. The number of anilines is 2. The van der Waals surface area contributed by atoms with Crippen LogP contribution >= 0.6 is 23.2 Å². The van der Waals surface area contributed by atoms with E-state index in [1.807, 2.05) is 24.3 Å². The molecule has 16 heteroatoms. The van der Waals surface area contributed by atoms with Crippen molar-refractivity contribution in [2.45, 2.75) is 62.7 Å². The highest BCUT2D eigenvalue weighted by Crippen LogP contribution is 2.45. The SMILES string of the molecule is CC(C)C(C(=O)O)N(C)C(=O)C1CCCN1S(=O)(=O)c1cnc2n1C(C)(Cc1ccc(-c3cncnc3)cc1)C(=O)N2c1cc(Cl)cc(Cl)c1. The number of fused-ring (bicyclic) bond motifs is 1. The Hall–Kier alpha value is -4.37. The van der Waals surface area contributed by atoms with Gasteiger partial charge in [0.25, 0.3) is 15.9 Å². The minimum atomic E-state index is -4.47. The Morgan fingerprint density at radius 3 is 2.28 bits per heavy atom. The van der Waals surface area contributed by atoms with Crippen molar-refractivity contribution in [3.63, 3.8) is 0 Å². The molecule has 3 unspecified atom stereocenters. The number of carboxylic acids is 1. The molecule has 0 radical (unpaired) electrons. The van der Waals surface area contributed by atoms with E-state index < -0.39 is 51.3 Å². The first-order valence-corrected chi connectivity index (χ1v) is 18.1. The molecule has 0 spiro atoms. The second-order valence-corrected chi connectivity index (χ2v) is 15.7. The van der Waals surface area contributed by atoms with E-state index in [0.29, 0.717) is 12.1 Å². The molecule has 4 heterocycles. The Balaban J connectivity index is 1.43. The Morgan fingerprint density at radius 1 is 1.04 bits per heavy atom. The average Bonchev–Trinajstić information content (AvgIpc) is 3.78. The number of rotatable bonds is 10. The van der Waals surface area contributed by atoms with Crippen LogP contribution in [-0.2, 0) is 36.4 Å². The van der Waals surface area contributed by atoms with Crippen LogP contribution in [0.2, 0.25) is 10.0 Å². The summed E-state index contributed by atoms with van der Waals surface area (Å²) < 4.78 is 31.7. The summed E-state index contributed by atoms with van der Waals surface area (Å²) in [5.74, 6) is -2.65. The number of hydrogen-bond donors (Lipinski definition) is 1. The van der Waals surface area contributed by atoms with Gasteiger partial charge in [0.2, 0.25) is 11.9 Å². The summed E-state index contributed by atoms with van der Waals surface area (Å²) in [6, 6.07) is 9.76. The fourth-order valence-electron chi connectivity index (χ4n) is 6.94. The third-order valence-electron chi connectivity index (χ3n) is 9.28. The lowest BCUT2D eigenvalue weighted by Crippen LogP contribution is -2.53. The predicted octanol–water partition coefficient (Wildman–Crippen LogP) is 5.00. The molecule has 2 aliphatic rings. The maximum atomic E-state index is 14.6. The zero-order chi connectivity index (χ0) is 36.1. The maximum absolute atomic E-state index is 14.6. The highest BCUT2D eigenvalue weighted by molar-refractivity contribution is 7.89. The van der Waals surface area contributed by atoms with Crippen molar-refractivity contribution in [1.29, 1.82) is 0 Å². The number of amides is 2. The van der Waals surface area contributed by atoms with Crippen molar-refractivity contribution in [3.8, 4) is 11.1 Å². The molecule has 2 aromatic heterocycles. The van der Waals surface area contributed by atoms with Gasteiger partial charge in [0.15, 0.2) is 5.03 Å². The smallest absolute Gasteiger partial charge is 0.326 e. The summed E-state index contributed by atoms with van der Waals surface area (Å²) in [6.45, 7) is 5.03. The van der Waals surface area contributed by atoms with Crippen LogP contribution in [0.25, 0.3) is 11.1 Å². The number of carboxylic acid groups (broad SMARTS) is 1. The largest absolute Gasteiger partial charge is 0.480 e. The van der Waals surface area contributed by atoms with E-state index >= 15 is 0 Å². The second kappa shape index (κ2) is 13.4. The molecule has 0 saturated carbocycles. The Kier molecular flexibility index (Phi) is 9.50. The number of aliphatic carboxylic acids is 1. The summed E-state index contributed by atoms with van der Waals surface area (Å²) in [5, 5.41) is 10.1. The van der Waals surface area contributed by atoms with E-state index in [9.17, 15) is 27.9 Å². The summed E-state index contributed by atoms with van der Waals surface area (Å²) in [7, 11) is -3.10. The van der Waals surface area contributed by atoms with Gasteiger partial charge in [0.1, 0.15) is 23.9 Å². The Labute approximate surface area is 299 Å². The van der Waals surface area contributed by atoms with E-state index in [4.69, 9.17) is 23.2 Å². The van der Waals surface area contributed by atoms with Gasteiger partial charge >= 0.3 is 5.97 Å². The van der Waals surface area contributed by atoms with Crippen molar-refractivity contribution in [2.24, 2.45) is 5.92 Å². The molecule has 1 fully saturated rings. The zero-order valence-electron chi connectivity index (χ0n) is 27.7. The standard InChI is InChI=1S/C34H35Cl2N7O6S/c1-20(2)29(31(45)46)40(4)30(44)27-6-5-11-41(27)50(48,49)28-18-39-33-42(26-13-24(35)12-25(36)14-26)32(47)34(3,43(28)33)15-21-7-9-22(10-8-21)23-16-37-19-38-17-23/h7-10,12-14,16-20,27,29H,5-6,11,15H2,1-4H3,(H,45,46). The second-order valence-electron chi connectivity index (χ2n) is 13.0. The quantitative estimate of drug-likeness (QED) is 0.236. The van der Waals surface area contributed by atoms with Gasteiger partial charge in [-0.05, 0) is 55.0 Å². The fraction of sp³-hybridized carbons (Fsp3) is 0.353. The number of halogens is 2. The molecule has 50 heavy (non-hydrogen) atoms. The van der Waals surface area contributed by atoms with Gasteiger partial charge in [0, 0.05) is 48.0 Å². The topological polar surface area (TPSA) is 159 Å². The van der Waals surface area contributed by atoms with Crippen molar-refractivity contribution < 1.29 is 27.9 Å². The van der Waals surface area contributed by atoms with Gasteiger partial charge < -0.3 is 10.0 Å². The maximum Gasteiger partial charge on any atom is 0.326 e. The van der Waals surface area contributed by atoms with Crippen LogP contribution in [0, 0.1) is 5.92 Å². The minimum Gasteiger partial charge on any atom is -0.480 e. The summed E-state index contributed by atoms with van der Waals surface area (Å²) in [5.41, 5.74) is 1.19. The molecule has 6 rings (SSSR count). The first kappa shape index (κ1) is 35.5. The van der Waals surface area contributed by atoms with Crippen molar-refractivity contribution in [1.82, 2.24) is 28.7 Å². The van der Waals surface area contributed by atoms with Crippen LogP contribution in [0.4, 0.5) is 11.6 Å². The first-order valence-electron chi connectivity index (χ1n) is 15.9. The molecule has 262 valence electrons.